The van der Waals surface area contributed by atoms with Gasteiger partial charge in [-0.1, -0.05) is 6.07 Å². The highest BCUT2D eigenvalue weighted by Gasteiger charge is 2.16. The van der Waals surface area contributed by atoms with Crippen LogP contribution in [0.1, 0.15) is 31.6 Å². The van der Waals surface area contributed by atoms with Crippen molar-refractivity contribution in [1.82, 2.24) is 19.9 Å². The lowest BCUT2D eigenvalue weighted by atomic mass is 10.1. The second-order valence-corrected chi connectivity index (χ2v) is 4.82. The number of ether oxygens (including phenoxy) is 1. The first-order valence-corrected chi connectivity index (χ1v) is 6.68. The van der Waals surface area contributed by atoms with E-state index >= 15 is 0 Å². The normalized spacial score (nSPS) is 20.4. The van der Waals surface area contributed by atoms with Crippen molar-refractivity contribution < 1.29 is 4.74 Å². The summed E-state index contributed by atoms with van der Waals surface area (Å²) >= 11 is 0. The predicted molar refractivity (Wildman–Crippen MR) is 72.7 cm³/mol. The Kier molecular flexibility index (Phi) is 3.46. The summed E-state index contributed by atoms with van der Waals surface area (Å²) in [6, 6.07) is 6.06. The average molecular weight is 258 g/mol. The zero-order chi connectivity index (χ0) is 13.1. The summed E-state index contributed by atoms with van der Waals surface area (Å²) in [5.41, 5.74) is 0.878. The third-order valence-corrected chi connectivity index (χ3v) is 3.40. The van der Waals surface area contributed by atoms with Crippen LogP contribution >= 0.6 is 0 Å². The number of nitrogens with one attached hydrogen (secondary N) is 1. The first-order chi connectivity index (χ1) is 9.34. The SMILES string of the molecule is CC(NCC1CCC=CO1)c1nnc2ccccn12. The molecule has 0 bridgehead atoms. The van der Waals surface area contributed by atoms with E-state index in [1.165, 1.54) is 0 Å². The van der Waals surface area contributed by atoms with Crippen LogP contribution in [0, 0.1) is 0 Å². The Balaban J connectivity index is 1.66. The molecule has 3 rings (SSSR count). The Labute approximate surface area is 112 Å². The van der Waals surface area contributed by atoms with Crippen LogP contribution in [0.4, 0.5) is 0 Å². The van der Waals surface area contributed by atoms with Gasteiger partial charge in [0.25, 0.3) is 0 Å². The number of pyridine rings is 1. The standard InChI is InChI=1S/C14H18N4O/c1-11(15-10-12-6-3-5-9-19-12)14-17-16-13-7-2-4-8-18(13)14/h2,4-5,7-9,11-12,15H,3,6,10H2,1H3. The number of hydrogen-bond donors (Lipinski definition) is 1. The lowest BCUT2D eigenvalue weighted by Crippen LogP contribution is -2.31. The molecule has 0 saturated heterocycles. The Morgan fingerprint density at radius 3 is 3.26 bits per heavy atom. The molecule has 0 saturated carbocycles. The van der Waals surface area contributed by atoms with E-state index in [4.69, 9.17) is 4.74 Å². The molecule has 3 heterocycles. The minimum absolute atomic E-state index is 0.145. The fourth-order valence-electron chi connectivity index (χ4n) is 2.29. The lowest BCUT2D eigenvalue weighted by molar-refractivity contribution is 0.119. The molecule has 0 aromatic carbocycles. The summed E-state index contributed by atoms with van der Waals surface area (Å²) in [4.78, 5) is 0. The van der Waals surface area contributed by atoms with Gasteiger partial charge in [-0.15, -0.1) is 10.2 Å². The first-order valence-electron chi connectivity index (χ1n) is 6.68. The van der Waals surface area contributed by atoms with Crippen molar-refractivity contribution in [1.29, 1.82) is 0 Å². The zero-order valence-corrected chi connectivity index (χ0v) is 11.0. The van der Waals surface area contributed by atoms with Crippen LogP contribution in [-0.4, -0.2) is 27.2 Å². The molecule has 2 aromatic rings. The quantitative estimate of drug-likeness (QED) is 0.912. The van der Waals surface area contributed by atoms with Crippen molar-refractivity contribution in [3.05, 3.63) is 42.6 Å². The van der Waals surface area contributed by atoms with Gasteiger partial charge in [0.05, 0.1) is 12.3 Å². The van der Waals surface area contributed by atoms with Gasteiger partial charge in [-0.05, 0) is 38.0 Å². The van der Waals surface area contributed by atoms with Crippen molar-refractivity contribution in [2.45, 2.75) is 31.9 Å². The van der Waals surface area contributed by atoms with Crippen LogP contribution in [0.2, 0.25) is 0 Å². The molecule has 0 radical (unpaired) electrons. The Morgan fingerprint density at radius 1 is 1.47 bits per heavy atom. The number of rotatable bonds is 4. The second-order valence-electron chi connectivity index (χ2n) is 4.82. The van der Waals surface area contributed by atoms with Gasteiger partial charge in [-0.2, -0.15) is 0 Å². The topological polar surface area (TPSA) is 51.5 Å². The van der Waals surface area contributed by atoms with E-state index in [0.29, 0.717) is 0 Å². The molecule has 100 valence electrons. The molecule has 19 heavy (non-hydrogen) atoms. The van der Waals surface area contributed by atoms with Gasteiger partial charge in [-0.3, -0.25) is 4.40 Å². The molecule has 2 unspecified atom stereocenters. The van der Waals surface area contributed by atoms with E-state index in [1.54, 1.807) is 6.26 Å². The minimum atomic E-state index is 0.145. The molecule has 0 spiro atoms. The number of allylic oxidation sites excluding steroid dienone is 1. The molecule has 0 amide bonds. The maximum atomic E-state index is 5.55. The molecule has 0 aliphatic carbocycles. The summed E-state index contributed by atoms with van der Waals surface area (Å²) in [5, 5.41) is 11.9. The first kappa shape index (κ1) is 12.2. The summed E-state index contributed by atoms with van der Waals surface area (Å²) in [5.74, 6) is 0.932. The summed E-state index contributed by atoms with van der Waals surface area (Å²) in [6.45, 7) is 2.93. The minimum Gasteiger partial charge on any atom is -0.497 e. The second kappa shape index (κ2) is 5.40. The van der Waals surface area contributed by atoms with Crippen molar-refractivity contribution >= 4 is 5.65 Å². The molecule has 1 aliphatic rings. The van der Waals surface area contributed by atoms with Gasteiger partial charge in [0.15, 0.2) is 11.5 Å². The highest BCUT2D eigenvalue weighted by Crippen LogP contribution is 2.14. The van der Waals surface area contributed by atoms with Crippen molar-refractivity contribution in [2.24, 2.45) is 0 Å². The van der Waals surface area contributed by atoms with E-state index in [1.807, 2.05) is 28.8 Å². The van der Waals surface area contributed by atoms with Gasteiger partial charge in [0, 0.05) is 12.7 Å². The lowest BCUT2D eigenvalue weighted by Gasteiger charge is -2.21. The van der Waals surface area contributed by atoms with Gasteiger partial charge >= 0.3 is 0 Å². The number of hydrogen-bond acceptors (Lipinski definition) is 4. The molecule has 1 N–H and O–H groups in total. The van der Waals surface area contributed by atoms with Gasteiger partial charge < -0.3 is 10.1 Å². The summed E-state index contributed by atoms with van der Waals surface area (Å²) in [7, 11) is 0. The third kappa shape index (κ3) is 2.61. The molecular formula is C14H18N4O. The third-order valence-electron chi connectivity index (χ3n) is 3.40. The largest absolute Gasteiger partial charge is 0.497 e. The van der Waals surface area contributed by atoms with Crippen LogP contribution < -0.4 is 5.32 Å². The van der Waals surface area contributed by atoms with Gasteiger partial charge in [-0.25, -0.2) is 0 Å². The van der Waals surface area contributed by atoms with Crippen LogP contribution in [0.5, 0.6) is 0 Å². The molecule has 5 nitrogen and oxygen atoms in total. The zero-order valence-electron chi connectivity index (χ0n) is 11.0. The Hall–Kier alpha value is -1.88. The Morgan fingerprint density at radius 2 is 2.42 bits per heavy atom. The molecule has 0 fully saturated rings. The summed E-state index contributed by atoms with van der Waals surface area (Å²) < 4.78 is 7.56. The molecule has 2 atom stereocenters. The highest BCUT2D eigenvalue weighted by molar-refractivity contribution is 5.37. The van der Waals surface area contributed by atoms with Crippen molar-refractivity contribution in [2.75, 3.05) is 6.54 Å². The van der Waals surface area contributed by atoms with E-state index in [9.17, 15) is 0 Å². The average Bonchev–Trinajstić information content (AvgIpc) is 2.90. The van der Waals surface area contributed by atoms with E-state index in [0.717, 1.165) is 30.9 Å². The van der Waals surface area contributed by atoms with Crippen LogP contribution in [0.25, 0.3) is 5.65 Å². The van der Waals surface area contributed by atoms with Gasteiger partial charge in [0.2, 0.25) is 0 Å². The molecule has 2 aromatic heterocycles. The van der Waals surface area contributed by atoms with Crippen LogP contribution in [-0.2, 0) is 4.74 Å². The number of nitrogens with zero attached hydrogens (tertiary/aromatic N) is 3. The summed E-state index contributed by atoms with van der Waals surface area (Å²) in [6.07, 6.45) is 8.26. The van der Waals surface area contributed by atoms with Crippen molar-refractivity contribution in [3.8, 4) is 0 Å². The monoisotopic (exact) mass is 258 g/mol. The highest BCUT2D eigenvalue weighted by atomic mass is 16.5. The smallest absolute Gasteiger partial charge is 0.160 e. The van der Waals surface area contributed by atoms with Crippen molar-refractivity contribution in [3.63, 3.8) is 0 Å². The number of aromatic nitrogens is 3. The van der Waals surface area contributed by atoms with Gasteiger partial charge in [0.1, 0.15) is 6.10 Å². The Bertz CT molecular complexity index is 578. The van der Waals surface area contributed by atoms with E-state index in [2.05, 4.69) is 28.5 Å². The van der Waals surface area contributed by atoms with Crippen LogP contribution in [0.3, 0.4) is 0 Å². The molecular weight excluding hydrogens is 240 g/mol. The van der Waals surface area contributed by atoms with E-state index in [-0.39, 0.29) is 12.1 Å². The fraction of sp³-hybridized carbons (Fsp3) is 0.429. The number of fused-ring (bicyclic) bond motifs is 1. The molecule has 5 heteroatoms. The predicted octanol–water partition coefficient (Wildman–Crippen LogP) is 2.07. The van der Waals surface area contributed by atoms with E-state index < -0.39 is 0 Å². The maximum absolute atomic E-state index is 5.55. The fourth-order valence-corrected chi connectivity index (χ4v) is 2.29. The van der Waals surface area contributed by atoms with Crippen LogP contribution in [0.15, 0.2) is 36.7 Å². The molecule has 1 aliphatic heterocycles. The maximum Gasteiger partial charge on any atom is 0.160 e.